The number of aromatic nitrogens is 1. The van der Waals surface area contributed by atoms with Gasteiger partial charge in [0.1, 0.15) is 5.82 Å². The van der Waals surface area contributed by atoms with Gasteiger partial charge in [0.25, 0.3) is 0 Å². The highest BCUT2D eigenvalue weighted by molar-refractivity contribution is 7.10. The van der Waals surface area contributed by atoms with Crippen molar-refractivity contribution in [3.8, 4) is 0 Å². The minimum absolute atomic E-state index is 0.178. The lowest BCUT2D eigenvalue weighted by molar-refractivity contribution is -0.124. The van der Waals surface area contributed by atoms with E-state index in [9.17, 15) is 4.79 Å². The molecule has 0 saturated heterocycles. The molecular weight excluding hydrogens is 464 g/mol. The molecule has 4 aliphatic carbocycles. The minimum Gasteiger partial charge on any atom is -0.370 e. The number of carbonyl (C=O) groups excluding carboxylic acids is 1. The first-order chi connectivity index (χ1) is 17.6. The van der Waals surface area contributed by atoms with Gasteiger partial charge in [-0.25, -0.2) is 4.98 Å². The zero-order valence-electron chi connectivity index (χ0n) is 21.3. The van der Waals surface area contributed by atoms with Gasteiger partial charge in [0, 0.05) is 29.8 Å². The zero-order chi connectivity index (χ0) is 24.5. The van der Waals surface area contributed by atoms with Crippen molar-refractivity contribution in [2.24, 2.45) is 23.2 Å². The smallest absolute Gasteiger partial charge is 0.224 e. The number of nitrogens with zero attached hydrogens (tertiary/aromatic N) is 1. The highest BCUT2D eigenvalue weighted by Crippen LogP contribution is 2.61. The second kappa shape index (κ2) is 10.1. The van der Waals surface area contributed by atoms with E-state index in [-0.39, 0.29) is 11.3 Å². The molecule has 2 heterocycles. The number of aryl methyl sites for hydroxylation is 1. The first-order valence-electron chi connectivity index (χ1n) is 13.7. The number of hydrogen-bond acceptors (Lipinski definition) is 5. The Morgan fingerprint density at radius 2 is 1.81 bits per heavy atom. The molecule has 6 heteroatoms. The molecule has 190 valence electrons. The van der Waals surface area contributed by atoms with E-state index in [4.69, 9.17) is 4.98 Å². The third-order valence-electron chi connectivity index (χ3n) is 8.80. The summed E-state index contributed by atoms with van der Waals surface area (Å²) in [4.78, 5) is 19.4. The van der Waals surface area contributed by atoms with Gasteiger partial charge in [-0.15, -0.1) is 11.3 Å². The first-order valence-corrected chi connectivity index (χ1v) is 14.6. The summed E-state index contributed by atoms with van der Waals surface area (Å²) in [6.07, 6.45) is 9.75. The Morgan fingerprint density at radius 1 is 1.03 bits per heavy atom. The fourth-order valence-corrected chi connectivity index (χ4v) is 8.50. The number of rotatable bonds is 10. The lowest BCUT2D eigenvalue weighted by Gasteiger charge is -2.56. The van der Waals surface area contributed by atoms with Gasteiger partial charge in [0.2, 0.25) is 5.91 Å². The lowest BCUT2D eigenvalue weighted by atomic mass is 9.49. The second-order valence-electron chi connectivity index (χ2n) is 11.7. The summed E-state index contributed by atoms with van der Waals surface area (Å²) in [6.45, 7) is 4.95. The number of thiophene rings is 1. The van der Waals surface area contributed by atoms with Crippen molar-refractivity contribution < 1.29 is 4.79 Å². The van der Waals surface area contributed by atoms with E-state index in [1.165, 1.54) is 49.0 Å². The molecule has 0 radical (unpaired) electrons. The number of benzene rings is 1. The van der Waals surface area contributed by atoms with Crippen molar-refractivity contribution in [3.05, 3.63) is 52.2 Å². The molecule has 7 rings (SSSR count). The van der Waals surface area contributed by atoms with Crippen LogP contribution in [0.4, 0.5) is 11.5 Å². The monoisotopic (exact) mass is 502 g/mol. The Bertz CT molecular complexity index is 1200. The van der Waals surface area contributed by atoms with Crippen molar-refractivity contribution in [3.63, 3.8) is 0 Å². The van der Waals surface area contributed by atoms with Crippen LogP contribution in [0.3, 0.4) is 0 Å². The van der Waals surface area contributed by atoms with Gasteiger partial charge >= 0.3 is 0 Å². The number of carbonyl (C=O) groups is 1. The maximum Gasteiger partial charge on any atom is 0.224 e. The normalized spacial score (nSPS) is 26.4. The Labute approximate surface area is 218 Å². The van der Waals surface area contributed by atoms with Crippen LogP contribution in [0.15, 0.2) is 41.8 Å². The van der Waals surface area contributed by atoms with E-state index in [1.807, 2.05) is 35.6 Å². The standard InChI is InChI=1S/C30H38N4OS/c1-20-8-11-36-27(20)19-31-9-3-10-32-28-7-6-24-25(33-28)4-2-5-26(24)34-29(35)18-30-15-21-12-22(16-30)14-23(13-21)17-30/h2,4-8,11,21-23,31H,3,9-10,12-19H2,1H3,(H,32,33)(H,34,35). The first kappa shape index (κ1) is 23.9. The Kier molecular flexibility index (Phi) is 6.74. The SMILES string of the molecule is Cc1ccsc1CNCCCNc1ccc2c(NC(=O)CC34CC5CC(CC(C5)C3)C4)cccc2n1. The van der Waals surface area contributed by atoms with E-state index >= 15 is 0 Å². The van der Waals surface area contributed by atoms with Gasteiger partial charge < -0.3 is 16.0 Å². The molecule has 4 aliphatic rings. The van der Waals surface area contributed by atoms with Crippen LogP contribution in [-0.4, -0.2) is 24.0 Å². The fourth-order valence-electron chi connectivity index (χ4n) is 7.62. The number of hydrogen-bond donors (Lipinski definition) is 3. The predicted molar refractivity (Wildman–Crippen MR) is 149 cm³/mol. The molecule has 2 aromatic heterocycles. The number of pyridine rings is 1. The fraction of sp³-hybridized carbons (Fsp3) is 0.533. The molecule has 0 unspecified atom stereocenters. The predicted octanol–water partition coefficient (Wildman–Crippen LogP) is 6.74. The van der Waals surface area contributed by atoms with Crippen LogP contribution in [0.2, 0.25) is 0 Å². The molecule has 0 atom stereocenters. The Balaban J connectivity index is 1.02. The Morgan fingerprint density at radius 3 is 2.53 bits per heavy atom. The van der Waals surface area contributed by atoms with Gasteiger partial charge in [-0.1, -0.05) is 6.07 Å². The Hall–Kier alpha value is -2.44. The lowest BCUT2D eigenvalue weighted by Crippen LogP contribution is -2.47. The molecule has 4 bridgehead atoms. The van der Waals surface area contributed by atoms with Crippen molar-refractivity contribution in [1.82, 2.24) is 10.3 Å². The number of nitrogens with one attached hydrogen (secondary N) is 3. The maximum atomic E-state index is 13.2. The summed E-state index contributed by atoms with van der Waals surface area (Å²) in [6, 6.07) is 12.3. The van der Waals surface area contributed by atoms with E-state index in [0.29, 0.717) is 6.42 Å². The third kappa shape index (κ3) is 5.16. The highest BCUT2D eigenvalue weighted by Gasteiger charge is 2.51. The van der Waals surface area contributed by atoms with Crippen LogP contribution in [0, 0.1) is 30.1 Å². The van der Waals surface area contributed by atoms with Crippen LogP contribution in [-0.2, 0) is 11.3 Å². The van der Waals surface area contributed by atoms with Crippen LogP contribution in [0.1, 0.15) is 61.8 Å². The molecule has 3 aromatic rings. The van der Waals surface area contributed by atoms with Crippen molar-refractivity contribution >= 4 is 39.7 Å². The summed E-state index contributed by atoms with van der Waals surface area (Å²) in [7, 11) is 0. The van der Waals surface area contributed by atoms with E-state index in [0.717, 1.165) is 66.2 Å². The molecule has 0 aliphatic heterocycles. The van der Waals surface area contributed by atoms with E-state index in [2.05, 4.69) is 40.4 Å². The average molecular weight is 503 g/mol. The van der Waals surface area contributed by atoms with Crippen molar-refractivity contribution in [2.75, 3.05) is 23.7 Å². The zero-order valence-corrected chi connectivity index (χ0v) is 22.1. The topological polar surface area (TPSA) is 66.0 Å². The molecule has 4 saturated carbocycles. The second-order valence-corrected chi connectivity index (χ2v) is 12.7. The van der Waals surface area contributed by atoms with Crippen LogP contribution < -0.4 is 16.0 Å². The number of fused-ring (bicyclic) bond motifs is 1. The largest absolute Gasteiger partial charge is 0.370 e. The molecule has 36 heavy (non-hydrogen) atoms. The van der Waals surface area contributed by atoms with Gasteiger partial charge in [0.15, 0.2) is 0 Å². The van der Waals surface area contributed by atoms with Crippen molar-refractivity contribution in [2.45, 2.75) is 64.8 Å². The van der Waals surface area contributed by atoms with Crippen LogP contribution in [0.25, 0.3) is 10.9 Å². The quantitative estimate of drug-likeness (QED) is 0.269. The number of amides is 1. The van der Waals surface area contributed by atoms with Crippen LogP contribution >= 0.6 is 11.3 Å². The summed E-state index contributed by atoms with van der Waals surface area (Å²) in [5, 5.41) is 13.4. The van der Waals surface area contributed by atoms with E-state index < -0.39 is 0 Å². The van der Waals surface area contributed by atoms with Gasteiger partial charge in [-0.05, 0) is 123 Å². The average Bonchev–Trinajstić information content (AvgIpc) is 3.24. The molecule has 3 N–H and O–H groups in total. The molecule has 5 nitrogen and oxygen atoms in total. The molecule has 1 amide bonds. The molecule has 4 fully saturated rings. The molecule has 0 spiro atoms. The third-order valence-corrected chi connectivity index (χ3v) is 9.82. The molecular formula is C30H38N4OS. The van der Waals surface area contributed by atoms with Gasteiger partial charge in [0.05, 0.1) is 11.2 Å². The maximum absolute atomic E-state index is 13.2. The van der Waals surface area contributed by atoms with E-state index in [1.54, 1.807) is 0 Å². The summed E-state index contributed by atoms with van der Waals surface area (Å²) >= 11 is 1.82. The summed E-state index contributed by atoms with van der Waals surface area (Å²) in [5.74, 6) is 3.68. The summed E-state index contributed by atoms with van der Waals surface area (Å²) < 4.78 is 0. The van der Waals surface area contributed by atoms with Crippen molar-refractivity contribution in [1.29, 1.82) is 0 Å². The highest BCUT2D eigenvalue weighted by atomic mass is 32.1. The van der Waals surface area contributed by atoms with Crippen LogP contribution in [0.5, 0.6) is 0 Å². The summed E-state index contributed by atoms with van der Waals surface area (Å²) in [5.41, 5.74) is 3.43. The van der Waals surface area contributed by atoms with Gasteiger partial charge in [-0.2, -0.15) is 0 Å². The molecule has 1 aromatic carbocycles. The minimum atomic E-state index is 0.178. The number of anilines is 2. The van der Waals surface area contributed by atoms with Gasteiger partial charge in [-0.3, -0.25) is 4.79 Å².